The van der Waals surface area contributed by atoms with Gasteiger partial charge in [-0.3, -0.25) is 9.88 Å². The molecule has 1 unspecified atom stereocenters. The maximum atomic E-state index is 4.40. The number of likely N-dealkylation sites (tertiary alicyclic amines) is 1. The first-order valence-electron chi connectivity index (χ1n) is 5.97. The fraction of sp³-hybridized carbons (Fsp3) is 0.615. The maximum Gasteiger partial charge on any atom is 0.0544 e. The average molecular weight is 219 g/mol. The van der Waals surface area contributed by atoms with Crippen molar-refractivity contribution >= 4 is 0 Å². The van der Waals surface area contributed by atoms with Crippen LogP contribution in [0.5, 0.6) is 0 Å². The molecule has 0 bridgehead atoms. The highest BCUT2D eigenvalue weighted by atomic mass is 15.3. The molecule has 1 aliphatic rings. The van der Waals surface area contributed by atoms with Crippen LogP contribution in [0.4, 0.5) is 0 Å². The zero-order chi connectivity index (χ0) is 11.6. The van der Waals surface area contributed by atoms with Gasteiger partial charge in [-0.25, -0.2) is 0 Å². The lowest BCUT2D eigenvalue weighted by molar-refractivity contribution is 0.144. The fourth-order valence-corrected chi connectivity index (χ4v) is 2.61. The molecule has 1 aromatic rings. The number of nitrogens with one attached hydrogen (secondary N) is 1. The summed E-state index contributed by atoms with van der Waals surface area (Å²) in [6, 6.07) is 6.70. The van der Waals surface area contributed by atoms with E-state index in [1.165, 1.54) is 6.42 Å². The van der Waals surface area contributed by atoms with Crippen molar-refractivity contribution in [3.05, 3.63) is 30.1 Å². The van der Waals surface area contributed by atoms with Gasteiger partial charge in [-0.15, -0.1) is 0 Å². The van der Waals surface area contributed by atoms with Crippen LogP contribution in [0.1, 0.15) is 26.0 Å². The van der Waals surface area contributed by atoms with E-state index in [-0.39, 0.29) is 5.54 Å². The summed E-state index contributed by atoms with van der Waals surface area (Å²) in [6.45, 7) is 6.72. The molecule has 88 valence electrons. The molecule has 1 atom stereocenters. The van der Waals surface area contributed by atoms with Gasteiger partial charge in [0.25, 0.3) is 0 Å². The largest absolute Gasteiger partial charge is 0.315 e. The molecule has 1 saturated heterocycles. The molecule has 1 aliphatic heterocycles. The third-order valence-corrected chi connectivity index (χ3v) is 3.78. The Labute approximate surface area is 97.9 Å². The number of aromatic nitrogens is 1. The quantitative estimate of drug-likeness (QED) is 0.838. The first kappa shape index (κ1) is 11.6. The second-order valence-electron chi connectivity index (χ2n) is 5.03. The predicted octanol–water partition coefficient (Wildman–Crippen LogP) is 1.65. The van der Waals surface area contributed by atoms with E-state index in [2.05, 4.69) is 48.2 Å². The van der Waals surface area contributed by atoms with Crippen LogP contribution in [-0.2, 0) is 6.54 Å². The molecule has 1 N–H and O–H groups in total. The van der Waals surface area contributed by atoms with Gasteiger partial charge in [0, 0.05) is 30.9 Å². The van der Waals surface area contributed by atoms with Crippen molar-refractivity contribution in [3.8, 4) is 0 Å². The van der Waals surface area contributed by atoms with Gasteiger partial charge >= 0.3 is 0 Å². The van der Waals surface area contributed by atoms with Crippen LogP contribution in [-0.4, -0.2) is 35.1 Å². The van der Waals surface area contributed by atoms with E-state index in [9.17, 15) is 0 Å². The minimum atomic E-state index is 0.215. The number of pyridine rings is 1. The Morgan fingerprint density at radius 2 is 2.31 bits per heavy atom. The number of hydrogen-bond donors (Lipinski definition) is 1. The third-order valence-electron chi connectivity index (χ3n) is 3.78. The summed E-state index contributed by atoms with van der Waals surface area (Å²) < 4.78 is 0. The van der Waals surface area contributed by atoms with Crippen molar-refractivity contribution in [3.63, 3.8) is 0 Å². The van der Waals surface area contributed by atoms with Crippen molar-refractivity contribution in [1.82, 2.24) is 15.2 Å². The summed E-state index contributed by atoms with van der Waals surface area (Å²) in [7, 11) is 2.05. The van der Waals surface area contributed by atoms with E-state index >= 15 is 0 Å². The van der Waals surface area contributed by atoms with E-state index in [0.717, 1.165) is 18.8 Å². The molecule has 0 saturated carbocycles. The Bertz CT molecular complexity index is 334. The maximum absolute atomic E-state index is 4.40. The molecule has 2 rings (SSSR count). The van der Waals surface area contributed by atoms with Gasteiger partial charge in [-0.1, -0.05) is 6.07 Å². The van der Waals surface area contributed by atoms with Crippen LogP contribution in [0.3, 0.4) is 0 Å². The Morgan fingerprint density at radius 1 is 1.50 bits per heavy atom. The Kier molecular flexibility index (Phi) is 3.26. The molecule has 3 nitrogen and oxygen atoms in total. The number of nitrogens with zero attached hydrogens (tertiary/aromatic N) is 2. The van der Waals surface area contributed by atoms with E-state index < -0.39 is 0 Å². The normalized spacial score (nSPS) is 24.8. The molecule has 2 heterocycles. The van der Waals surface area contributed by atoms with Crippen LogP contribution in [0, 0.1) is 0 Å². The predicted molar refractivity (Wildman–Crippen MR) is 66.2 cm³/mol. The summed E-state index contributed by atoms with van der Waals surface area (Å²) in [5, 5.41) is 3.41. The summed E-state index contributed by atoms with van der Waals surface area (Å²) >= 11 is 0. The molecule has 0 aliphatic carbocycles. The molecule has 0 radical (unpaired) electrons. The summed E-state index contributed by atoms with van der Waals surface area (Å²) in [5.74, 6) is 0. The molecular formula is C13H21N3. The van der Waals surface area contributed by atoms with Gasteiger partial charge in [-0.05, 0) is 39.4 Å². The SMILES string of the molecule is CNC1CCN(Cc2ccccn2)C1(C)C. The molecule has 0 aromatic carbocycles. The highest BCUT2D eigenvalue weighted by Crippen LogP contribution is 2.29. The number of rotatable bonds is 3. The first-order chi connectivity index (χ1) is 7.64. The Hall–Kier alpha value is -0.930. The van der Waals surface area contributed by atoms with Crippen molar-refractivity contribution in [2.24, 2.45) is 0 Å². The molecular weight excluding hydrogens is 198 g/mol. The van der Waals surface area contributed by atoms with E-state index in [1.54, 1.807) is 0 Å². The fourth-order valence-electron chi connectivity index (χ4n) is 2.61. The standard InChI is InChI=1S/C13H21N3/c1-13(2)12(14-3)7-9-16(13)10-11-6-4-5-8-15-11/h4-6,8,12,14H,7,9-10H2,1-3H3. The minimum absolute atomic E-state index is 0.215. The third kappa shape index (κ3) is 2.11. The lowest BCUT2D eigenvalue weighted by atomic mass is 9.96. The van der Waals surface area contributed by atoms with Crippen molar-refractivity contribution in [2.75, 3.05) is 13.6 Å². The van der Waals surface area contributed by atoms with Gasteiger partial charge in [0.1, 0.15) is 0 Å². The topological polar surface area (TPSA) is 28.2 Å². The van der Waals surface area contributed by atoms with Crippen LogP contribution in [0.15, 0.2) is 24.4 Å². The van der Waals surface area contributed by atoms with E-state index in [1.807, 2.05) is 12.3 Å². The van der Waals surface area contributed by atoms with Crippen LogP contribution in [0.25, 0.3) is 0 Å². The molecule has 3 heteroatoms. The zero-order valence-electron chi connectivity index (χ0n) is 10.4. The zero-order valence-corrected chi connectivity index (χ0v) is 10.4. The monoisotopic (exact) mass is 219 g/mol. The number of hydrogen-bond acceptors (Lipinski definition) is 3. The van der Waals surface area contributed by atoms with E-state index in [4.69, 9.17) is 0 Å². The van der Waals surface area contributed by atoms with Crippen LogP contribution >= 0.6 is 0 Å². The second-order valence-corrected chi connectivity index (χ2v) is 5.03. The molecule has 16 heavy (non-hydrogen) atoms. The Balaban J connectivity index is 2.07. The molecule has 0 amide bonds. The van der Waals surface area contributed by atoms with Crippen LogP contribution in [0.2, 0.25) is 0 Å². The highest BCUT2D eigenvalue weighted by Gasteiger charge is 2.40. The van der Waals surface area contributed by atoms with Gasteiger partial charge < -0.3 is 5.32 Å². The van der Waals surface area contributed by atoms with Crippen molar-refractivity contribution < 1.29 is 0 Å². The summed E-state index contributed by atoms with van der Waals surface area (Å²) in [6.07, 6.45) is 3.09. The molecule has 1 fully saturated rings. The number of likely N-dealkylation sites (N-methyl/N-ethyl adjacent to an activating group) is 1. The average Bonchev–Trinajstić information content (AvgIpc) is 2.56. The van der Waals surface area contributed by atoms with Gasteiger partial charge in [0.05, 0.1) is 5.69 Å². The summed E-state index contributed by atoms with van der Waals surface area (Å²) in [4.78, 5) is 6.91. The van der Waals surface area contributed by atoms with Gasteiger partial charge in [-0.2, -0.15) is 0 Å². The first-order valence-corrected chi connectivity index (χ1v) is 5.97. The second kappa shape index (κ2) is 4.52. The van der Waals surface area contributed by atoms with Gasteiger partial charge in [0.2, 0.25) is 0 Å². The highest BCUT2D eigenvalue weighted by molar-refractivity contribution is 5.07. The van der Waals surface area contributed by atoms with Crippen molar-refractivity contribution in [2.45, 2.75) is 38.4 Å². The minimum Gasteiger partial charge on any atom is -0.315 e. The lowest BCUT2D eigenvalue weighted by Gasteiger charge is -2.35. The Morgan fingerprint density at radius 3 is 2.88 bits per heavy atom. The summed E-state index contributed by atoms with van der Waals surface area (Å²) in [5.41, 5.74) is 1.37. The van der Waals surface area contributed by atoms with Gasteiger partial charge in [0.15, 0.2) is 0 Å². The van der Waals surface area contributed by atoms with Crippen LogP contribution < -0.4 is 5.32 Å². The smallest absolute Gasteiger partial charge is 0.0544 e. The molecule has 1 aromatic heterocycles. The van der Waals surface area contributed by atoms with E-state index in [0.29, 0.717) is 6.04 Å². The molecule has 0 spiro atoms. The lowest BCUT2D eigenvalue weighted by Crippen LogP contribution is -2.49. The van der Waals surface area contributed by atoms with Crippen molar-refractivity contribution in [1.29, 1.82) is 0 Å².